The molecule has 0 saturated carbocycles. The topological polar surface area (TPSA) is 79.7 Å². The maximum absolute atomic E-state index is 15.7. The molecule has 4 unspecified atom stereocenters. The highest BCUT2D eigenvalue weighted by Crippen LogP contribution is 2.56. The second-order valence-electron chi connectivity index (χ2n) is 29.3. The molecule has 10 rings (SSSR count). The van der Waals surface area contributed by atoms with Gasteiger partial charge in [0.15, 0.2) is 0 Å². The summed E-state index contributed by atoms with van der Waals surface area (Å²) >= 11 is 10.9. The van der Waals surface area contributed by atoms with Gasteiger partial charge in [0.2, 0.25) is 0 Å². The fourth-order valence-corrected chi connectivity index (χ4v) is 32.3. The van der Waals surface area contributed by atoms with E-state index in [1.807, 2.05) is 40.9 Å². The summed E-state index contributed by atoms with van der Waals surface area (Å²) in [5.41, 5.74) is 4.94. The third-order valence-corrected chi connectivity index (χ3v) is 35.8. The number of fused-ring (bicyclic) bond motifs is 8. The van der Waals surface area contributed by atoms with Gasteiger partial charge in [0.25, 0.3) is 23.6 Å². The van der Waals surface area contributed by atoms with Crippen molar-refractivity contribution in [2.45, 2.75) is 307 Å². The summed E-state index contributed by atoms with van der Waals surface area (Å²) in [7, 11) is -2.32. The predicted octanol–water partition coefficient (Wildman–Crippen LogP) is 26.2. The van der Waals surface area contributed by atoms with E-state index in [-0.39, 0.29) is 29.7 Å². The van der Waals surface area contributed by atoms with Crippen LogP contribution in [0.25, 0.3) is 59.5 Å². The first-order valence-corrected chi connectivity index (χ1v) is 45.9. The van der Waals surface area contributed by atoms with E-state index >= 15 is 9.59 Å². The Morgan fingerprint density at radius 2 is 0.747 bits per heavy atom. The Bertz CT molecular complexity index is 3670. The van der Waals surface area contributed by atoms with Gasteiger partial charge in [-0.15, -0.1) is 68.0 Å². The molecule has 0 fully saturated rings. The maximum Gasteiger partial charge on any atom is 0.263 e. The van der Waals surface area contributed by atoms with E-state index < -0.39 is 8.07 Å². The van der Waals surface area contributed by atoms with Crippen molar-refractivity contribution in [2.75, 3.05) is 13.1 Å². The summed E-state index contributed by atoms with van der Waals surface area (Å²) in [5.74, 6) is 2.03. The molecule has 10 heterocycles. The second kappa shape index (κ2) is 34.7. The minimum Gasteiger partial charge on any atom is -0.336 e. The van der Waals surface area contributed by atoms with Crippen LogP contribution in [0.15, 0.2) is 24.3 Å². The lowest BCUT2D eigenvalue weighted by Gasteiger charge is -2.35. The minimum absolute atomic E-state index is 0.104. The van der Waals surface area contributed by atoms with Crippen molar-refractivity contribution in [1.29, 1.82) is 0 Å². The first-order chi connectivity index (χ1) is 46.2. The Kier molecular flexibility index (Phi) is 27.1. The van der Waals surface area contributed by atoms with Gasteiger partial charge in [-0.1, -0.05) is 249 Å². The first kappa shape index (κ1) is 74.2. The lowest BCUT2D eigenvalue weighted by molar-refractivity contribution is 0.0636. The number of carbonyl (C=O) groups excluding carboxylic acids is 4. The Labute approximate surface area is 598 Å². The van der Waals surface area contributed by atoms with Crippen molar-refractivity contribution in [3.63, 3.8) is 0 Å². The van der Waals surface area contributed by atoms with E-state index in [1.54, 1.807) is 54.2 Å². The van der Waals surface area contributed by atoms with Crippen LogP contribution in [0, 0.1) is 37.5 Å². The number of aromatic nitrogens is 1. The number of imide groups is 2. The van der Waals surface area contributed by atoms with Crippen LogP contribution in [-0.4, -0.2) is 59.2 Å². The van der Waals surface area contributed by atoms with Crippen molar-refractivity contribution in [2.24, 2.45) is 23.7 Å². The van der Waals surface area contributed by atoms with Gasteiger partial charge < -0.3 is 4.57 Å². The van der Waals surface area contributed by atoms with Gasteiger partial charge in [-0.25, -0.2) is 0 Å². The summed E-state index contributed by atoms with van der Waals surface area (Å²) < 4.78 is 5.20. The zero-order valence-corrected chi connectivity index (χ0v) is 66.5. The van der Waals surface area contributed by atoms with Crippen LogP contribution in [-0.2, 0) is 0 Å². The fourth-order valence-electron chi connectivity index (χ4n) is 16.8. The molecule has 0 spiro atoms. The SMILES string of the molecule is CCCCCCCCN1C(=O)c2c(C)sc(-c3cc4c(s3)c3sc(-c5sc(-c6cc7c(s6)-c6sc(C)cc6[Si]7(CC(CC)CCCC)CC(CC)CCCC)c6c5C(=O)N(CCCCCCCC)C6=O)cc3n4C(CC(CC)CCCCC)CC(CC)CCCCC)c2C1=O. The molecule has 0 aliphatic carbocycles. The summed E-state index contributed by atoms with van der Waals surface area (Å²) in [6, 6.07) is 12.9. The van der Waals surface area contributed by atoms with E-state index in [9.17, 15) is 9.59 Å². The summed E-state index contributed by atoms with van der Waals surface area (Å²) in [5, 5.41) is 3.31. The van der Waals surface area contributed by atoms with Gasteiger partial charge in [0.1, 0.15) is 8.07 Å². The van der Waals surface area contributed by atoms with E-state index in [0.717, 1.165) is 93.5 Å². The molecule has 95 heavy (non-hydrogen) atoms. The van der Waals surface area contributed by atoms with Crippen molar-refractivity contribution >= 4 is 131 Å². The number of hydrogen-bond acceptors (Lipinski definition) is 10. The third kappa shape index (κ3) is 15.7. The quantitative estimate of drug-likeness (QED) is 0.0217. The maximum atomic E-state index is 15.7. The number of aryl methyl sites for hydroxylation is 2. The molecule has 0 saturated heterocycles. The molecule has 0 radical (unpaired) electrons. The fraction of sp³-hybridized carbons (Fsp3) is 0.654. The van der Waals surface area contributed by atoms with E-state index in [2.05, 4.69) is 105 Å². The van der Waals surface area contributed by atoms with Crippen molar-refractivity contribution in [3.8, 4) is 39.0 Å². The smallest absolute Gasteiger partial charge is 0.263 e. The molecule has 7 aromatic rings. The molecular weight excluding hydrogens is 1300 g/mol. The number of thiophene rings is 6. The predicted molar refractivity (Wildman–Crippen MR) is 421 cm³/mol. The van der Waals surface area contributed by atoms with Gasteiger partial charge in [0, 0.05) is 53.3 Å². The number of amides is 4. The molecule has 520 valence electrons. The van der Waals surface area contributed by atoms with Crippen LogP contribution in [0.5, 0.6) is 0 Å². The van der Waals surface area contributed by atoms with Crippen LogP contribution in [0.4, 0.5) is 0 Å². The van der Waals surface area contributed by atoms with Crippen molar-refractivity contribution in [3.05, 3.63) is 56.3 Å². The first-order valence-electron chi connectivity index (χ1n) is 38.6. The monoisotopic (exact) mass is 1420 g/mol. The number of carbonyl (C=O) groups is 4. The molecular formula is C81H117N3O4S6Si. The number of rotatable bonds is 44. The molecule has 0 bridgehead atoms. The van der Waals surface area contributed by atoms with Crippen molar-refractivity contribution in [1.82, 2.24) is 14.4 Å². The molecule has 0 aromatic carbocycles. The molecule has 4 atom stereocenters. The van der Waals surface area contributed by atoms with Gasteiger partial charge in [-0.05, 0) is 110 Å². The van der Waals surface area contributed by atoms with Gasteiger partial charge in [-0.3, -0.25) is 29.0 Å². The Morgan fingerprint density at radius 3 is 1.21 bits per heavy atom. The molecule has 0 N–H and O–H groups in total. The number of unbranched alkanes of at least 4 members (excludes halogenated alkanes) is 16. The minimum atomic E-state index is -2.32. The second-order valence-corrected chi connectivity index (χ2v) is 40.0. The molecule has 14 heteroatoms. The lowest BCUT2D eigenvalue weighted by Crippen LogP contribution is -2.56. The molecule has 7 nitrogen and oxygen atoms in total. The molecule has 4 amide bonds. The van der Waals surface area contributed by atoms with E-state index in [0.29, 0.717) is 59.0 Å². The average Bonchev–Trinajstić information content (AvgIpc) is 1.55. The highest BCUT2D eigenvalue weighted by atomic mass is 32.1. The number of hydrogen-bond donors (Lipinski definition) is 0. The van der Waals surface area contributed by atoms with Crippen LogP contribution >= 0.6 is 68.0 Å². The Morgan fingerprint density at radius 1 is 0.368 bits per heavy atom. The zero-order valence-electron chi connectivity index (χ0n) is 60.6. The van der Waals surface area contributed by atoms with Gasteiger partial charge in [0.05, 0.1) is 57.3 Å². The standard InChI is InChI=1S/C81H117N3O4S6Si/c1-13-23-29-31-33-37-43-82-78(85)67-54(12)90-73(68(67)79(82)86)62-48-60-71(91-62)72-61(84(60)59(46-55(19-7)41-35-25-15-3)47-56(20-8)42-36-26-16-4)49-63(92-72)74-69-70(81(88)83(80(69)87)44-38-34-32-30-24-14-2)75(94-74)64-50-66-77(93-64)76-65(45-53(11)89-76)95(66,51-57(21-9)39-27-17-5)52-58(22-10)40-28-18-6/h45,48-50,55-59H,13-44,46-47,51-52H2,1-12H3. The number of nitrogens with zero attached hydrogens (tertiary/aromatic N) is 3. The van der Waals surface area contributed by atoms with E-state index in [1.165, 1.54) is 193 Å². The van der Waals surface area contributed by atoms with E-state index in [4.69, 9.17) is 0 Å². The third-order valence-electron chi connectivity index (χ3n) is 22.5. The van der Waals surface area contributed by atoms with Gasteiger partial charge >= 0.3 is 0 Å². The zero-order chi connectivity index (χ0) is 67.5. The molecule has 3 aliphatic heterocycles. The van der Waals surface area contributed by atoms with Crippen LogP contribution < -0.4 is 10.4 Å². The lowest BCUT2D eigenvalue weighted by atomic mass is 9.85. The summed E-state index contributed by atoms with van der Waals surface area (Å²) in [6.45, 7) is 28.8. The molecule has 3 aliphatic rings. The normalized spacial score (nSPS) is 17.0. The van der Waals surface area contributed by atoms with Crippen LogP contribution in [0.3, 0.4) is 0 Å². The average molecular weight is 1420 g/mol. The highest BCUT2D eigenvalue weighted by molar-refractivity contribution is 7.35. The Balaban J connectivity index is 1.16. The van der Waals surface area contributed by atoms with Gasteiger partial charge in [-0.2, -0.15) is 0 Å². The summed E-state index contributed by atoms with van der Waals surface area (Å²) in [6.07, 6.45) is 37.5. The van der Waals surface area contributed by atoms with Crippen LogP contribution in [0.1, 0.15) is 332 Å². The molecule has 7 aromatic heterocycles. The Hall–Kier alpha value is -3.50. The van der Waals surface area contributed by atoms with Crippen LogP contribution in [0.2, 0.25) is 12.1 Å². The van der Waals surface area contributed by atoms with Crippen molar-refractivity contribution < 1.29 is 19.2 Å². The summed E-state index contributed by atoms with van der Waals surface area (Å²) in [4.78, 5) is 75.1. The largest absolute Gasteiger partial charge is 0.336 e. The highest BCUT2D eigenvalue weighted by Gasteiger charge is 2.51.